The molecule has 0 amide bonds. The number of rotatable bonds is 4. The smallest absolute Gasteiger partial charge is 0.475 e. The van der Waals surface area contributed by atoms with E-state index in [2.05, 4.69) is 15.0 Å². The Morgan fingerprint density at radius 1 is 1.34 bits per heavy atom. The minimum atomic E-state index is -5.08. The van der Waals surface area contributed by atoms with Crippen LogP contribution in [0.2, 0.25) is 0 Å². The first-order valence-electron chi connectivity index (χ1n) is 9.14. The molecule has 0 aliphatic carbocycles. The van der Waals surface area contributed by atoms with Gasteiger partial charge in [0.1, 0.15) is 5.76 Å². The van der Waals surface area contributed by atoms with Crippen molar-refractivity contribution in [1.82, 2.24) is 15.0 Å². The molecule has 1 N–H and O–H groups in total. The molecule has 2 fully saturated rings. The standard InChI is InChI=1S/C16H21N3O3.C2HF3O2/c1-11-17-16(22-18-11)5-12-9-20-10-13-6-19(8-15(12)13)7-14-3-2-4-21-14;3-2(4,5)1(6)7/h2-4,12-13,15H,5-10H2,1H3;(H,6,7)/t12-,13-,15+;/m1./s1. The Hall–Kier alpha value is -2.40. The van der Waals surface area contributed by atoms with E-state index in [0.29, 0.717) is 23.6 Å². The molecule has 2 aromatic heterocycles. The second-order valence-electron chi connectivity index (χ2n) is 7.24. The molecule has 0 saturated carbocycles. The molecular formula is C18H22F3N3O5. The number of aromatic nitrogens is 2. The second-order valence-corrected chi connectivity index (χ2v) is 7.24. The lowest BCUT2D eigenvalue weighted by Gasteiger charge is -2.32. The van der Waals surface area contributed by atoms with E-state index in [1.807, 2.05) is 19.1 Å². The quantitative estimate of drug-likeness (QED) is 0.810. The normalized spacial score (nSPS) is 24.6. The molecule has 160 valence electrons. The number of fused-ring (bicyclic) bond motifs is 1. The fourth-order valence-electron chi connectivity index (χ4n) is 3.80. The molecule has 0 spiro atoms. The van der Waals surface area contributed by atoms with Crippen LogP contribution in [-0.2, 0) is 22.5 Å². The number of furan rings is 1. The maximum atomic E-state index is 10.6. The summed E-state index contributed by atoms with van der Waals surface area (Å²) in [6.45, 7) is 6.55. The van der Waals surface area contributed by atoms with Crippen LogP contribution in [-0.4, -0.2) is 58.6 Å². The van der Waals surface area contributed by atoms with Crippen molar-refractivity contribution >= 4 is 5.97 Å². The molecule has 8 nitrogen and oxygen atoms in total. The Bertz CT molecular complexity index is 793. The summed E-state index contributed by atoms with van der Waals surface area (Å²) in [4.78, 5) is 15.7. The number of aliphatic carboxylic acids is 1. The largest absolute Gasteiger partial charge is 0.490 e. The number of halogens is 3. The average Bonchev–Trinajstić information content (AvgIpc) is 3.37. The summed E-state index contributed by atoms with van der Waals surface area (Å²) in [6, 6.07) is 3.99. The predicted molar refractivity (Wildman–Crippen MR) is 91.7 cm³/mol. The van der Waals surface area contributed by atoms with E-state index in [1.165, 1.54) is 0 Å². The third-order valence-electron chi connectivity index (χ3n) is 5.05. The zero-order valence-corrected chi connectivity index (χ0v) is 15.8. The molecule has 4 heterocycles. The van der Waals surface area contributed by atoms with Crippen molar-refractivity contribution in [2.24, 2.45) is 17.8 Å². The third-order valence-corrected chi connectivity index (χ3v) is 5.05. The molecule has 4 rings (SSSR count). The van der Waals surface area contributed by atoms with E-state index in [-0.39, 0.29) is 0 Å². The van der Waals surface area contributed by atoms with E-state index in [9.17, 15) is 13.2 Å². The number of hydrogen-bond donors (Lipinski definition) is 1. The Labute approximate surface area is 164 Å². The van der Waals surface area contributed by atoms with Crippen molar-refractivity contribution in [3.05, 3.63) is 35.9 Å². The van der Waals surface area contributed by atoms with Crippen molar-refractivity contribution in [1.29, 1.82) is 0 Å². The number of nitrogens with zero attached hydrogens (tertiary/aromatic N) is 3. The molecule has 2 aliphatic rings. The highest BCUT2D eigenvalue weighted by Gasteiger charge is 2.41. The van der Waals surface area contributed by atoms with E-state index < -0.39 is 12.1 Å². The number of carboxylic acids is 1. The van der Waals surface area contributed by atoms with E-state index >= 15 is 0 Å². The van der Waals surface area contributed by atoms with Crippen LogP contribution in [0.5, 0.6) is 0 Å². The third kappa shape index (κ3) is 5.80. The fraction of sp³-hybridized carbons (Fsp3) is 0.611. The Balaban J connectivity index is 0.000000298. The topological polar surface area (TPSA) is 102 Å². The van der Waals surface area contributed by atoms with Crippen molar-refractivity contribution in [2.45, 2.75) is 26.1 Å². The van der Waals surface area contributed by atoms with Gasteiger partial charge in [-0.2, -0.15) is 18.2 Å². The van der Waals surface area contributed by atoms with Gasteiger partial charge in [-0.3, -0.25) is 4.90 Å². The first-order chi connectivity index (χ1) is 13.7. The molecule has 11 heteroatoms. The van der Waals surface area contributed by atoms with Gasteiger partial charge in [0.05, 0.1) is 26.0 Å². The van der Waals surface area contributed by atoms with Crippen molar-refractivity contribution in [3.8, 4) is 0 Å². The minimum Gasteiger partial charge on any atom is -0.475 e. The molecule has 2 aliphatic heterocycles. The molecule has 0 radical (unpaired) electrons. The number of likely N-dealkylation sites (tertiary alicyclic amines) is 1. The highest BCUT2D eigenvalue weighted by atomic mass is 19.4. The van der Waals surface area contributed by atoms with Crippen molar-refractivity contribution in [3.63, 3.8) is 0 Å². The average molecular weight is 417 g/mol. The molecule has 0 aromatic carbocycles. The number of hydrogen-bond acceptors (Lipinski definition) is 7. The maximum absolute atomic E-state index is 10.6. The van der Waals surface area contributed by atoms with Gasteiger partial charge in [0, 0.05) is 19.5 Å². The van der Waals surface area contributed by atoms with Gasteiger partial charge in [-0.25, -0.2) is 4.79 Å². The number of carbonyl (C=O) groups is 1. The monoisotopic (exact) mass is 417 g/mol. The van der Waals surface area contributed by atoms with Gasteiger partial charge in [0.2, 0.25) is 5.89 Å². The van der Waals surface area contributed by atoms with Crippen LogP contribution >= 0.6 is 0 Å². The summed E-state index contributed by atoms with van der Waals surface area (Å²) < 4.78 is 48.3. The maximum Gasteiger partial charge on any atom is 0.490 e. The van der Waals surface area contributed by atoms with Gasteiger partial charge in [-0.15, -0.1) is 0 Å². The van der Waals surface area contributed by atoms with Crippen LogP contribution in [0, 0.1) is 24.7 Å². The first-order valence-corrected chi connectivity index (χ1v) is 9.14. The summed E-state index contributed by atoms with van der Waals surface area (Å²) in [5, 5.41) is 11.0. The molecule has 0 unspecified atom stereocenters. The fourth-order valence-corrected chi connectivity index (χ4v) is 3.80. The Morgan fingerprint density at radius 2 is 2.10 bits per heavy atom. The van der Waals surface area contributed by atoms with Crippen LogP contribution in [0.25, 0.3) is 0 Å². The van der Waals surface area contributed by atoms with Crippen LogP contribution in [0.4, 0.5) is 13.2 Å². The van der Waals surface area contributed by atoms with Crippen LogP contribution in [0.15, 0.2) is 27.3 Å². The van der Waals surface area contributed by atoms with Crippen molar-refractivity contribution in [2.75, 3.05) is 26.3 Å². The van der Waals surface area contributed by atoms with Crippen LogP contribution in [0.1, 0.15) is 17.5 Å². The Morgan fingerprint density at radius 3 is 2.69 bits per heavy atom. The molecule has 29 heavy (non-hydrogen) atoms. The zero-order valence-electron chi connectivity index (χ0n) is 15.8. The SMILES string of the molecule is Cc1noc(C[C@@H]2COC[C@H]3CN(Cc4ccco4)C[C@@H]23)n1.O=C(O)C(F)(F)F. The van der Waals surface area contributed by atoms with Gasteiger partial charge < -0.3 is 18.8 Å². The number of carboxylic acid groups (broad SMARTS) is 1. The summed E-state index contributed by atoms with van der Waals surface area (Å²) in [6.07, 6.45) is -2.53. The van der Waals surface area contributed by atoms with Crippen molar-refractivity contribution < 1.29 is 36.7 Å². The van der Waals surface area contributed by atoms with E-state index in [0.717, 1.165) is 50.9 Å². The minimum absolute atomic E-state index is 0.459. The Kier molecular flexibility index (Phi) is 6.58. The summed E-state index contributed by atoms with van der Waals surface area (Å²) in [5.41, 5.74) is 0. The molecule has 0 bridgehead atoms. The van der Waals surface area contributed by atoms with Gasteiger partial charge >= 0.3 is 12.1 Å². The first kappa shape index (κ1) is 21.3. The van der Waals surface area contributed by atoms with Crippen LogP contribution in [0.3, 0.4) is 0 Å². The molecular weight excluding hydrogens is 395 g/mol. The second kappa shape index (κ2) is 8.95. The lowest BCUT2D eigenvalue weighted by molar-refractivity contribution is -0.192. The summed E-state index contributed by atoms with van der Waals surface area (Å²) >= 11 is 0. The van der Waals surface area contributed by atoms with Gasteiger partial charge in [0.25, 0.3) is 0 Å². The lowest BCUT2D eigenvalue weighted by atomic mass is 9.81. The molecule has 3 atom stereocenters. The van der Waals surface area contributed by atoms with E-state index in [1.54, 1.807) is 6.26 Å². The number of alkyl halides is 3. The summed E-state index contributed by atoms with van der Waals surface area (Å²) in [5.74, 6) is 1.40. The molecule has 2 aromatic rings. The van der Waals surface area contributed by atoms with Crippen LogP contribution < -0.4 is 0 Å². The highest BCUT2D eigenvalue weighted by Crippen LogP contribution is 2.36. The van der Waals surface area contributed by atoms with Gasteiger partial charge in [-0.1, -0.05) is 5.16 Å². The number of aryl methyl sites for hydroxylation is 1. The van der Waals surface area contributed by atoms with Gasteiger partial charge in [-0.05, 0) is 36.8 Å². The lowest BCUT2D eigenvalue weighted by Crippen LogP contribution is -2.36. The summed E-state index contributed by atoms with van der Waals surface area (Å²) in [7, 11) is 0. The zero-order chi connectivity index (χ0) is 21.0. The number of ether oxygens (including phenoxy) is 1. The van der Waals surface area contributed by atoms with Gasteiger partial charge in [0.15, 0.2) is 5.82 Å². The predicted octanol–water partition coefficient (Wildman–Crippen LogP) is 2.54. The molecule has 2 saturated heterocycles. The highest BCUT2D eigenvalue weighted by molar-refractivity contribution is 5.73. The van der Waals surface area contributed by atoms with E-state index in [4.69, 9.17) is 23.6 Å².